The van der Waals surface area contributed by atoms with Crippen LogP contribution in [0.5, 0.6) is 0 Å². The van der Waals surface area contributed by atoms with Crippen LogP contribution in [0.25, 0.3) is 0 Å². The van der Waals surface area contributed by atoms with Gasteiger partial charge in [-0.25, -0.2) is 0 Å². The van der Waals surface area contributed by atoms with Gasteiger partial charge in [0, 0.05) is 13.0 Å². The number of rotatable bonds is 4. The Morgan fingerprint density at radius 2 is 2.29 bits per heavy atom. The zero-order valence-corrected chi connectivity index (χ0v) is 8.83. The van der Waals surface area contributed by atoms with Gasteiger partial charge in [-0.2, -0.15) is 4.98 Å². The summed E-state index contributed by atoms with van der Waals surface area (Å²) in [4.78, 5) is 15.4. The van der Waals surface area contributed by atoms with Crippen LogP contribution in [0, 0.1) is 0 Å². The lowest BCUT2D eigenvalue weighted by atomic mass is 10.3. The summed E-state index contributed by atoms with van der Waals surface area (Å²) < 4.78 is 4.56. The Hall–Kier alpha value is -2.51. The van der Waals surface area contributed by atoms with Crippen LogP contribution in [0.1, 0.15) is 16.3 Å². The molecule has 0 aliphatic heterocycles. The highest BCUT2D eigenvalue weighted by molar-refractivity contribution is 5.92. The average Bonchev–Trinajstić information content (AvgIpc) is 2.83. The highest BCUT2D eigenvalue weighted by Gasteiger charge is 2.07. The van der Waals surface area contributed by atoms with Gasteiger partial charge in [0.2, 0.25) is 6.39 Å². The van der Waals surface area contributed by atoms with Crippen molar-refractivity contribution in [2.24, 2.45) is 0 Å². The molecule has 1 amide bonds. The third-order valence-corrected chi connectivity index (χ3v) is 1.96. The molecule has 0 aromatic carbocycles. The highest BCUT2D eigenvalue weighted by atomic mass is 16.5. The first-order chi connectivity index (χ1) is 8.25. The number of aromatic nitrogens is 4. The van der Waals surface area contributed by atoms with Crippen LogP contribution in [-0.4, -0.2) is 32.8 Å². The van der Waals surface area contributed by atoms with Gasteiger partial charge >= 0.3 is 0 Å². The summed E-state index contributed by atoms with van der Waals surface area (Å²) in [5.41, 5.74) is 5.57. The van der Waals surface area contributed by atoms with Gasteiger partial charge < -0.3 is 15.6 Å². The largest absolute Gasteiger partial charge is 0.382 e. The van der Waals surface area contributed by atoms with E-state index in [2.05, 4.69) is 30.2 Å². The molecule has 88 valence electrons. The molecule has 2 rings (SSSR count). The molecule has 0 aliphatic carbocycles. The molecule has 8 heteroatoms. The molecule has 0 spiro atoms. The van der Waals surface area contributed by atoms with Gasteiger partial charge in [-0.1, -0.05) is 5.16 Å². The summed E-state index contributed by atoms with van der Waals surface area (Å²) in [5, 5.41) is 13.5. The topological polar surface area (TPSA) is 120 Å². The van der Waals surface area contributed by atoms with E-state index in [0.29, 0.717) is 18.8 Å². The predicted molar refractivity (Wildman–Crippen MR) is 56.8 cm³/mol. The smallest absolute Gasteiger partial charge is 0.271 e. The minimum absolute atomic E-state index is 0.215. The van der Waals surface area contributed by atoms with Crippen molar-refractivity contribution < 1.29 is 9.32 Å². The zero-order valence-electron chi connectivity index (χ0n) is 8.83. The number of hydrogen-bond acceptors (Lipinski definition) is 7. The number of carbonyl (C=O) groups excluding carboxylic acids is 1. The Morgan fingerprint density at radius 3 is 2.94 bits per heavy atom. The number of nitrogens with one attached hydrogen (secondary N) is 1. The summed E-state index contributed by atoms with van der Waals surface area (Å²) >= 11 is 0. The van der Waals surface area contributed by atoms with E-state index < -0.39 is 0 Å². The molecule has 0 bridgehead atoms. The van der Waals surface area contributed by atoms with Crippen LogP contribution in [0.3, 0.4) is 0 Å². The first-order valence-electron chi connectivity index (χ1n) is 4.88. The second kappa shape index (κ2) is 5.01. The van der Waals surface area contributed by atoms with E-state index in [1.807, 2.05) is 0 Å². The van der Waals surface area contributed by atoms with Crippen LogP contribution < -0.4 is 11.1 Å². The van der Waals surface area contributed by atoms with E-state index in [0.717, 1.165) is 0 Å². The molecule has 0 unspecified atom stereocenters. The maximum absolute atomic E-state index is 11.6. The Labute approximate surface area is 96.2 Å². The van der Waals surface area contributed by atoms with E-state index in [9.17, 15) is 4.79 Å². The van der Waals surface area contributed by atoms with Crippen LogP contribution in [0.15, 0.2) is 23.0 Å². The second-order valence-electron chi connectivity index (χ2n) is 3.20. The predicted octanol–water partition coefficient (Wildman–Crippen LogP) is -0.586. The zero-order chi connectivity index (χ0) is 12.1. The summed E-state index contributed by atoms with van der Waals surface area (Å²) in [6.45, 7) is 0.393. The van der Waals surface area contributed by atoms with Gasteiger partial charge in [-0.3, -0.25) is 4.79 Å². The number of carbonyl (C=O) groups is 1. The van der Waals surface area contributed by atoms with Crippen molar-refractivity contribution in [1.82, 2.24) is 25.7 Å². The van der Waals surface area contributed by atoms with Gasteiger partial charge in [0.25, 0.3) is 5.91 Å². The molecular weight excluding hydrogens is 224 g/mol. The lowest BCUT2D eigenvalue weighted by Gasteiger charge is -2.01. The first kappa shape index (κ1) is 11.0. The average molecular weight is 234 g/mol. The molecule has 2 aromatic rings. The standard InChI is InChI=1S/C9H10N6O2/c10-7-2-1-6(13-14-7)9(16)11-4-3-8-12-5-17-15-8/h1-2,5H,3-4H2,(H2,10,14)(H,11,16). The first-order valence-corrected chi connectivity index (χ1v) is 4.88. The van der Waals surface area contributed by atoms with Crippen LogP contribution in [0.2, 0.25) is 0 Å². The third kappa shape index (κ3) is 2.97. The molecule has 17 heavy (non-hydrogen) atoms. The summed E-state index contributed by atoms with van der Waals surface area (Å²) in [7, 11) is 0. The summed E-state index contributed by atoms with van der Waals surface area (Å²) in [6, 6.07) is 3.02. The molecule has 3 N–H and O–H groups in total. The van der Waals surface area contributed by atoms with Gasteiger partial charge in [0.1, 0.15) is 5.82 Å². The lowest BCUT2D eigenvalue weighted by Crippen LogP contribution is -2.27. The normalized spacial score (nSPS) is 10.1. The fourth-order valence-electron chi connectivity index (χ4n) is 1.14. The lowest BCUT2D eigenvalue weighted by molar-refractivity contribution is 0.0948. The van der Waals surface area contributed by atoms with Gasteiger partial charge in [0.05, 0.1) is 0 Å². The van der Waals surface area contributed by atoms with Crippen molar-refractivity contribution in [3.63, 3.8) is 0 Å². The molecule has 0 fully saturated rings. The molecule has 0 aliphatic rings. The number of nitrogens with zero attached hydrogens (tertiary/aromatic N) is 4. The Bertz CT molecular complexity index is 481. The number of amides is 1. The van der Waals surface area contributed by atoms with Gasteiger partial charge in [-0.15, -0.1) is 10.2 Å². The van der Waals surface area contributed by atoms with Gasteiger partial charge in [-0.05, 0) is 12.1 Å². The van der Waals surface area contributed by atoms with E-state index in [-0.39, 0.29) is 17.4 Å². The van der Waals surface area contributed by atoms with Gasteiger partial charge in [0.15, 0.2) is 11.5 Å². The van der Waals surface area contributed by atoms with Crippen molar-refractivity contribution in [2.45, 2.75) is 6.42 Å². The SMILES string of the molecule is Nc1ccc(C(=O)NCCc2ncon2)nn1. The minimum Gasteiger partial charge on any atom is -0.382 e. The fraction of sp³-hybridized carbons (Fsp3) is 0.222. The molecule has 2 heterocycles. The van der Waals surface area contributed by atoms with Crippen molar-refractivity contribution in [3.05, 3.63) is 30.0 Å². The Morgan fingerprint density at radius 1 is 1.41 bits per heavy atom. The summed E-state index contributed by atoms with van der Waals surface area (Å²) in [5.74, 6) is 0.489. The number of nitrogens with two attached hydrogens (primary N) is 1. The van der Waals surface area contributed by atoms with Crippen molar-refractivity contribution >= 4 is 11.7 Å². The Kier molecular flexibility index (Phi) is 3.24. The molecule has 0 atom stereocenters. The number of nitrogen functional groups attached to an aromatic ring is 1. The molecule has 8 nitrogen and oxygen atoms in total. The molecule has 0 saturated heterocycles. The van der Waals surface area contributed by atoms with Crippen molar-refractivity contribution in [2.75, 3.05) is 12.3 Å². The fourth-order valence-corrected chi connectivity index (χ4v) is 1.14. The van der Waals surface area contributed by atoms with Crippen LogP contribution in [-0.2, 0) is 6.42 Å². The van der Waals surface area contributed by atoms with E-state index >= 15 is 0 Å². The molecular formula is C9H10N6O2. The molecule has 2 aromatic heterocycles. The van der Waals surface area contributed by atoms with E-state index in [1.54, 1.807) is 0 Å². The third-order valence-electron chi connectivity index (χ3n) is 1.96. The van der Waals surface area contributed by atoms with Crippen LogP contribution >= 0.6 is 0 Å². The molecule has 0 saturated carbocycles. The quantitative estimate of drug-likeness (QED) is 0.725. The second-order valence-corrected chi connectivity index (χ2v) is 3.20. The van der Waals surface area contributed by atoms with Crippen molar-refractivity contribution in [3.8, 4) is 0 Å². The Balaban J connectivity index is 1.83. The summed E-state index contributed by atoms with van der Waals surface area (Å²) in [6.07, 6.45) is 1.73. The monoisotopic (exact) mass is 234 g/mol. The molecule has 0 radical (unpaired) electrons. The number of anilines is 1. The minimum atomic E-state index is -0.319. The maximum atomic E-state index is 11.6. The maximum Gasteiger partial charge on any atom is 0.271 e. The highest BCUT2D eigenvalue weighted by Crippen LogP contribution is 1.97. The van der Waals surface area contributed by atoms with E-state index in [1.165, 1.54) is 18.5 Å². The van der Waals surface area contributed by atoms with Crippen LogP contribution in [0.4, 0.5) is 5.82 Å². The number of hydrogen-bond donors (Lipinski definition) is 2. The van der Waals surface area contributed by atoms with Crippen molar-refractivity contribution in [1.29, 1.82) is 0 Å². The van der Waals surface area contributed by atoms with E-state index in [4.69, 9.17) is 5.73 Å².